The fourth-order valence-electron chi connectivity index (χ4n) is 5.08. The number of hydrogen-bond donors (Lipinski definition) is 1. The first-order valence-electron chi connectivity index (χ1n) is 12.5. The number of ether oxygens (including phenoxy) is 2. The molecular weight excluding hydrogens is 426 g/mol. The van der Waals surface area contributed by atoms with Crippen LogP contribution in [0.4, 0.5) is 0 Å². The third-order valence-corrected chi connectivity index (χ3v) is 7.10. The molecule has 2 saturated heterocycles. The fourth-order valence-corrected chi connectivity index (χ4v) is 5.08. The van der Waals surface area contributed by atoms with Crippen LogP contribution in [0, 0.1) is 0 Å². The first-order chi connectivity index (χ1) is 16.8. The third kappa shape index (κ3) is 4.74. The zero-order valence-corrected chi connectivity index (χ0v) is 19.7. The number of hydrogen-bond acceptors (Lipinski definition) is 6. The highest BCUT2D eigenvalue weighted by atomic mass is 16.5. The summed E-state index contributed by atoms with van der Waals surface area (Å²) in [6.07, 6.45) is 3.13. The number of rotatable bonds is 6. The Morgan fingerprint density at radius 1 is 0.882 bits per heavy atom. The summed E-state index contributed by atoms with van der Waals surface area (Å²) in [5.74, 6) is 1.90. The van der Waals surface area contributed by atoms with E-state index in [9.17, 15) is 0 Å². The second-order valence-corrected chi connectivity index (χ2v) is 9.42. The van der Waals surface area contributed by atoms with E-state index in [1.165, 1.54) is 16.7 Å². The van der Waals surface area contributed by atoms with Crippen LogP contribution in [0.5, 0.6) is 5.75 Å². The highest BCUT2D eigenvalue weighted by molar-refractivity contribution is 5.69. The molecule has 7 heteroatoms. The molecule has 0 atom stereocenters. The van der Waals surface area contributed by atoms with Crippen molar-refractivity contribution in [3.63, 3.8) is 0 Å². The van der Waals surface area contributed by atoms with Crippen molar-refractivity contribution >= 4 is 0 Å². The van der Waals surface area contributed by atoms with Crippen molar-refractivity contribution in [3.8, 4) is 22.6 Å². The van der Waals surface area contributed by atoms with Gasteiger partial charge in [0.05, 0.1) is 24.6 Å². The number of aromatic nitrogens is 2. The molecule has 6 rings (SSSR count). The van der Waals surface area contributed by atoms with Gasteiger partial charge in [-0.25, -0.2) is 4.98 Å². The van der Waals surface area contributed by atoms with Crippen LogP contribution in [0.15, 0.2) is 48.7 Å². The summed E-state index contributed by atoms with van der Waals surface area (Å²) in [6.45, 7) is 10.7. The molecule has 0 aliphatic carbocycles. The predicted molar refractivity (Wildman–Crippen MR) is 132 cm³/mol. The highest BCUT2D eigenvalue weighted by Gasteiger charge is 2.21. The topological polar surface area (TPSA) is 54.8 Å². The van der Waals surface area contributed by atoms with Gasteiger partial charge in [-0.05, 0) is 28.8 Å². The molecule has 34 heavy (non-hydrogen) atoms. The molecule has 0 radical (unpaired) electrons. The lowest BCUT2D eigenvalue weighted by Gasteiger charge is -2.27. The molecule has 0 unspecified atom stereocenters. The monoisotopic (exact) mass is 459 g/mol. The molecular formula is C27H33N5O2. The third-order valence-electron chi connectivity index (χ3n) is 7.10. The normalized spacial score (nSPS) is 18.8. The zero-order valence-electron chi connectivity index (χ0n) is 19.7. The van der Waals surface area contributed by atoms with Gasteiger partial charge in [0.2, 0.25) is 0 Å². The van der Waals surface area contributed by atoms with Crippen LogP contribution >= 0.6 is 0 Å². The number of nitrogens with one attached hydrogen (secondary N) is 1. The molecule has 0 amide bonds. The quantitative estimate of drug-likeness (QED) is 0.612. The van der Waals surface area contributed by atoms with E-state index < -0.39 is 0 Å². The van der Waals surface area contributed by atoms with Gasteiger partial charge in [-0.2, -0.15) is 0 Å². The molecule has 4 heterocycles. The lowest BCUT2D eigenvalue weighted by molar-refractivity contribution is 0.0383. The summed E-state index contributed by atoms with van der Waals surface area (Å²) in [6, 6.07) is 15.5. The summed E-state index contributed by atoms with van der Waals surface area (Å²) >= 11 is 0. The van der Waals surface area contributed by atoms with E-state index in [1.807, 2.05) is 0 Å². The van der Waals surface area contributed by atoms with E-state index in [-0.39, 0.29) is 0 Å². The molecule has 2 aromatic carbocycles. The smallest absolute Gasteiger partial charge is 0.151 e. The van der Waals surface area contributed by atoms with Crippen molar-refractivity contribution in [3.05, 3.63) is 65.7 Å². The Kier molecular flexibility index (Phi) is 6.33. The molecule has 0 spiro atoms. The molecule has 1 N–H and O–H groups in total. The van der Waals surface area contributed by atoms with Crippen molar-refractivity contribution in [1.29, 1.82) is 0 Å². The van der Waals surface area contributed by atoms with Crippen molar-refractivity contribution in [2.24, 2.45) is 0 Å². The number of piperazine rings is 1. The van der Waals surface area contributed by atoms with Crippen molar-refractivity contribution in [2.75, 3.05) is 59.0 Å². The lowest BCUT2D eigenvalue weighted by Crippen LogP contribution is -2.42. The zero-order chi connectivity index (χ0) is 22.7. The predicted octanol–water partition coefficient (Wildman–Crippen LogP) is 2.71. The molecule has 1 aromatic heterocycles. The highest BCUT2D eigenvalue weighted by Crippen LogP contribution is 2.34. The van der Waals surface area contributed by atoms with Gasteiger partial charge in [0.25, 0.3) is 0 Å². The van der Waals surface area contributed by atoms with Crippen LogP contribution in [-0.2, 0) is 24.3 Å². The van der Waals surface area contributed by atoms with Gasteiger partial charge in [-0.1, -0.05) is 30.3 Å². The van der Waals surface area contributed by atoms with Crippen LogP contribution in [0.1, 0.15) is 17.1 Å². The summed E-state index contributed by atoms with van der Waals surface area (Å²) in [7, 11) is 0. The average molecular weight is 460 g/mol. The number of imidazole rings is 1. The molecule has 0 saturated carbocycles. The van der Waals surface area contributed by atoms with E-state index in [2.05, 4.69) is 68.3 Å². The number of fused-ring (bicyclic) bond motifs is 3. The number of nitrogens with zero attached hydrogens (tertiary/aromatic N) is 4. The van der Waals surface area contributed by atoms with E-state index in [0.29, 0.717) is 6.61 Å². The van der Waals surface area contributed by atoms with E-state index in [1.54, 1.807) is 0 Å². The van der Waals surface area contributed by atoms with Crippen molar-refractivity contribution in [1.82, 2.24) is 24.7 Å². The second-order valence-electron chi connectivity index (χ2n) is 9.42. The summed E-state index contributed by atoms with van der Waals surface area (Å²) < 4.78 is 13.8. The van der Waals surface area contributed by atoms with Gasteiger partial charge in [-0.15, -0.1) is 0 Å². The Morgan fingerprint density at radius 3 is 2.50 bits per heavy atom. The second kappa shape index (κ2) is 9.88. The maximum atomic E-state index is 6.12. The van der Waals surface area contributed by atoms with E-state index in [4.69, 9.17) is 14.5 Å². The molecule has 0 bridgehead atoms. The Balaban J connectivity index is 1.15. The van der Waals surface area contributed by atoms with Gasteiger partial charge < -0.3 is 14.8 Å². The Morgan fingerprint density at radius 2 is 1.68 bits per heavy atom. The molecule has 3 aliphatic heterocycles. The first kappa shape index (κ1) is 21.8. The minimum atomic E-state index is 0.512. The maximum Gasteiger partial charge on any atom is 0.151 e. The van der Waals surface area contributed by atoms with Gasteiger partial charge in [0.15, 0.2) is 5.82 Å². The van der Waals surface area contributed by atoms with Gasteiger partial charge >= 0.3 is 0 Å². The lowest BCUT2D eigenvalue weighted by atomic mass is 10.0. The molecule has 178 valence electrons. The Labute approximate surface area is 201 Å². The summed E-state index contributed by atoms with van der Waals surface area (Å²) in [5.41, 5.74) is 5.97. The molecule has 7 nitrogen and oxygen atoms in total. The van der Waals surface area contributed by atoms with Gasteiger partial charge in [0.1, 0.15) is 12.4 Å². The first-order valence-corrected chi connectivity index (χ1v) is 12.5. The number of benzene rings is 2. The van der Waals surface area contributed by atoms with Crippen LogP contribution in [-0.4, -0.2) is 78.4 Å². The van der Waals surface area contributed by atoms with Gasteiger partial charge in [-0.3, -0.25) is 14.4 Å². The fraction of sp³-hybridized carbons (Fsp3) is 0.444. The Bertz CT molecular complexity index is 1110. The SMILES string of the molecule is c1cc(-c2ccc3c(c2)OCc2nc(CCN4CCOCC4)cn2-3)ccc1CN1CCNCC1. The van der Waals surface area contributed by atoms with Crippen LogP contribution in [0.2, 0.25) is 0 Å². The van der Waals surface area contributed by atoms with Gasteiger partial charge in [0, 0.05) is 65.0 Å². The average Bonchev–Trinajstić information content (AvgIpc) is 3.33. The summed E-state index contributed by atoms with van der Waals surface area (Å²) in [4.78, 5) is 9.81. The van der Waals surface area contributed by atoms with Crippen LogP contribution in [0.25, 0.3) is 16.8 Å². The standard InChI is InChI=1S/C27H33N5O2/c1-3-22(4-2-21(1)18-31-11-8-28-9-12-31)23-5-6-25-26(17-23)34-20-27-29-24(19-32(25)27)7-10-30-13-15-33-16-14-30/h1-6,17,19,28H,7-16,18,20H2. The maximum absolute atomic E-state index is 6.12. The minimum absolute atomic E-state index is 0.512. The summed E-state index contributed by atoms with van der Waals surface area (Å²) in [5, 5.41) is 3.42. The van der Waals surface area contributed by atoms with Crippen LogP contribution < -0.4 is 10.1 Å². The minimum Gasteiger partial charge on any atom is -0.483 e. The molecule has 2 fully saturated rings. The largest absolute Gasteiger partial charge is 0.483 e. The molecule has 3 aliphatic rings. The van der Waals surface area contributed by atoms with Crippen molar-refractivity contribution < 1.29 is 9.47 Å². The van der Waals surface area contributed by atoms with E-state index in [0.717, 1.165) is 94.9 Å². The Hall–Kier alpha value is -2.71. The molecule has 3 aromatic rings. The van der Waals surface area contributed by atoms with Crippen LogP contribution in [0.3, 0.4) is 0 Å². The van der Waals surface area contributed by atoms with E-state index >= 15 is 0 Å². The number of morpholine rings is 1. The van der Waals surface area contributed by atoms with Crippen molar-refractivity contribution in [2.45, 2.75) is 19.6 Å².